The number of esters is 1. The second-order valence-electron chi connectivity index (χ2n) is 4.99. The Hall–Kier alpha value is -2.34. The van der Waals surface area contributed by atoms with Crippen LogP contribution in [0.15, 0.2) is 47.1 Å². The van der Waals surface area contributed by atoms with Crippen molar-refractivity contribution < 1.29 is 14.3 Å². The zero-order chi connectivity index (χ0) is 16.4. The fourth-order valence-corrected chi connectivity index (χ4v) is 3.05. The zero-order valence-corrected chi connectivity index (χ0v) is 14.3. The molecule has 118 valence electrons. The molecule has 0 saturated heterocycles. The smallest absolute Gasteiger partial charge is 0.338 e. The molecule has 5 nitrogen and oxygen atoms in total. The maximum Gasteiger partial charge on any atom is 0.338 e. The van der Waals surface area contributed by atoms with Gasteiger partial charge >= 0.3 is 5.97 Å². The van der Waals surface area contributed by atoms with Crippen molar-refractivity contribution in [2.45, 2.75) is 6.54 Å². The summed E-state index contributed by atoms with van der Waals surface area (Å²) in [6.07, 6.45) is 0. The van der Waals surface area contributed by atoms with E-state index in [-0.39, 0.29) is 5.97 Å². The molecule has 2 aromatic carbocycles. The van der Waals surface area contributed by atoms with E-state index in [2.05, 4.69) is 21.0 Å². The summed E-state index contributed by atoms with van der Waals surface area (Å²) in [4.78, 5) is 11.9. The first-order valence-electron chi connectivity index (χ1n) is 7.00. The highest BCUT2D eigenvalue weighted by molar-refractivity contribution is 9.10. The molecule has 0 N–H and O–H groups in total. The van der Waals surface area contributed by atoms with Crippen LogP contribution in [0, 0.1) is 0 Å². The number of rotatable bonds is 4. The number of methoxy groups -OCH3 is 2. The number of benzene rings is 2. The molecular weight excluding hydrogens is 360 g/mol. The van der Waals surface area contributed by atoms with Crippen molar-refractivity contribution >= 4 is 32.8 Å². The van der Waals surface area contributed by atoms with Gasteiger partial charge in [0.05, 0.1) is 31.8 Å². The molecule has 0 aliphatic heterocycles. The Morgan fingerprint density at radius 3 is 2.57 bits per heavy atom. The quantitative estimate of drug-likeness (QED) is 0.654. The van der Waals surface area contributed by atoms with Crippen molar-refractivity contribution in [3.8, 4) is 5.75 Å². The predicted molar refractivity (Wildman–Crippen MR) is 90.9 cm³/mol. The lowest BCUT2D eigenvalue weighted by Crippen LogP contribution is -2.03. The van der Waals surface area contributed by atoms with Gasteiger partial charge in [-0.25, -0.2) is 4.79 Å². The van der Waals surface area contributed by atoms with Gasteiger partial charge in [0.1, 0.15) is 10.4 Å². The average molecular weight is 375 g/mol. The SMILES string of the molecule is COC(=O)c1cccc2nn(Cc3ccc(OC)cc3)c(Br)c12. The van der Waals surface area contributed by atoms with Crippen LogP contribution >= 0.6 is 15.9 Å². The Labute approximate surface area is 141 Å². The molecule has 1 aromatic heterocycles. The van der Waals surface area contributed by atoms with Gasteiger partial charge in [0, 0.05) is 5.39 Å². The minimum absolute atomic E-state index is 0.375. The summed E-state index contributed by atoms with van der Waals surface area (Å²) in [7, 11) is 3.01. The first-order chi connectivity index (χ1) is 11.1. The minimum Gasteiger partial charge on any atom is -0.497 e. The number of hydrogen-bond donors (Lipinski definition) is 0. The van der Waals surface area contributed by atoms with Crippen LogP contribution in [0.5, 0.6) is 5.75 Å². The maximum atomic E-state index is 11.9. The molecule has 3 aromatic rings. The Kier molecular flexibility index (Phi) is 4.34. The highest BCUT2D eigenvalue weighted by Gasteiger charge is 2.17. The van der Waals surface area contributed by atoms with Gasteiger partial charge in [0.2, 0.25) is 0 Å². The van der Waals surface area contributed by atoms with Crippen LogP contribution in [0.4, 0.5) is 0 Å². The molecule has 6 heteroatoms. The lowest BCUT2D eigenvalue weighted by molar-refractivity contribution is 0.0603. The van der Waals surface area contributed by atoms with Gasteiger partial charge in [-0.3, -0.25) is 4.68 Å². The van der Waals surface area contributed by atoms with Crippen LogP contribution in [0.2, 0.25) is 0 Å². The van der Waals surface area contributed by atoms with Crippen molar-refractivity contribution in [1.29, 1.82) is 0 Å². The molecule has 0 amide bonds. The topological polar surface area (TPSA) is 53.3 Å². The summed E-state index contributed by atoms with van der Waals surface area (Å²) in [6, 6.07) is 13.2. The number of aromatic nitrogens is 2. The summed E-state index contributed by atoms with van der Waals surface area (Å²) in [5.74, 6) is 0.437. The Bertz CT molecular complexity index is 856. The second kappa shape index (κ2) is 6.42. The van der Waals surface area contributed by atoms with E-state index in [0.29, 0.717) is 12.1 Å². The number of nitrogens with zero attached hydrogens (tertiary/aromatic N) is 2. The fraction of sp³-hybridized carbons (Fsp3) is 0.176. The zero-order valence-electron chi connectivity index (χ0n) is 12.7. The third-order valence-electron chi connectivity index (χ3n) is 3.60. The molecule has 0 aliphatic rings. The van der Waals surface area contributed by atoms with Gasteiger partial charge in [0.25, 0.3) is 0 Å². The summed E-state index contributed by atoms with van der Waals surface area (Å²) in [5, 5.41) is 5.32. The monoisotopic (exact) mass is 374 g/mol. The third-order valence-corrected chi connectivity index (χ3v) is 4.41. The number of carbonyl (C=O) groups excluding carboxylic acids is 1. The molecular formula is C17H15BrN2O3. The largest absolute Gasteiger partial charge is 0.497 e. The normalized spacial score (nSPS) is 10.7. The van der Waals surface area contributed by atoms with Crippen LogP contribution < -0.4 is 4.74 Å². The molecule has 0 radical (unpaired) electrons. The average Bonchev–Trinajstić information content (AvgIpc) is 2.91. The first-order valence-corrected chi connectivity index (χ1v) is 7.79. The van der Waals surface area contributed by atoms with Crippen molar-refractivity contribution in [3.63, 3.8) is 0 Å². The third kappa shape index (κ3) is 2.94. The highest BCUT2D eigenvalue weighted by atomic mass is 79.9. The summed E-state index contributed by atoms with van der Waals surface area (Å²) in [6.45, 7) is 0.583. The van der Waals surface area contributed by atoms with E-state index < -0.39 is 0 Å². The van der Waals surface area contributed by atoms with E-state index in [1.165, 1.54) is 7.11 Å². The molecule has 0 atom stereocenters. The van der Waals surface area contributed by atoms with E-state index in [9.17, 15) is 4.79 Å². The summed E-state index contributed by atoms with van der Waals surface area (Å²) in [5.41, 5.74) is 2.32. The van der Waals surface area contributed by atoms with Gasteiger partial charge in [-0.2, -0.15) is 5.10 Å². The van der Waals surface area contributed by atoms with E-state index in [1.807, 2.05) is 35.0 Å². The number of carbonyl (C=O) groups is 1. The van der Waals surface area contributed by atoms with Crippen molar-refractivity contribution in [2.75, 3.05) is 14.2 Å². The molecule has 0 fully saturated rings. The molecule has 3 rings (SSSR count). The summed E-state index contributed by atoms with van der Waals surface area (Å²) < 4.78 is 12.6. The van der Waals surface area contributed by atoms with Gasteiger partial charge in [-0.05, 0) is 45.8 Å². The summed E-state index contributed by atoms with van der Waals surface area (Å²) >= 11 is 3.55. The van der Waals surface area contributed by atoms with Gasteiger partial charge in [-0.1, -0.05) is 18.2 Å². The van der Waals surface area contributed by atoms with Crippen LogP contribution in [0.25, 0.3) is 10.9 Å². The fourth-order valence-electron chi connectivity index (χ4n) is 2.43. The lowest BCUT2D eigenvalue weighted by atomic mass is 10.1. The predicted octanol–water partition coefficient (Wildman–Crippen LogP) is 3.64. The molecule has 0 saturated carbocycles. The van der Waals surface area contributed by atoms with Crippen LogP contribution in [0.3, 0.4) is 0 Å². The first kappa shape index (κ1) is 15.6. The molecule has 0 aliphatic carbocycles. The van der Waals surface area contributed by atoms with Gasteiger partial charge in [0.15, 0.2) is 0 Å². The Balaban J connectivity index is 2.01. The Morgan fingerprint density at radius 2 is 1.91 bits per heavy atom. The highest BCUT2D eigenvalue weighted by Crippen LogP contribution is 2.28. The van der Waals surface area contributed by atoms with Crippen LogP contribution in [0.1, 0.15) is 15.9 Å². The van der Waals surface area contributed by atoms with Crippen molar-refractivity contribution in [3.05, 3.63) is 58.2 Å². The molecule has 0 bridgehead atoms. The second-order valence-corrected chi connectivity index (χ2v) is 5.74. The molecule has 0 unspecified atom stereocenters. The number of fused-ring (bicyclic) bond motifs is 1. The minimum atomic E-state index is -0.375. The molecule has 0 spiro atoms. The standard InChI is InChI=1S/C17H15BrN2O3/c1-22-12-8-6-11(7-9-12)10-20-16(18)15-13(17(21)23-2)4-3-5-14(15)19-20/h3-9H,10H2,1-2H3. The van der Waals surface area contributed by atoms with E-state index >= 15 is 0 Å². The van der Waals surface area contributed by atoms with Crippen LogP contribution in [-0.4, -0.2) is 30.0 Å². The van der Waals surface area contributed by atoms with E-state index in [1.54, 1.807) is 19.2 Å². The lowest BCUT2D eigenvalue weighted by Gasteiger charge is -2.05. The van der Waals surface area contributed by atoms with Gasteiger partial charge < -0.3 is 9.47 Å². The van der Waals surface area contributed by atoms with E-state index in [4.69, 9.17) is 9.47 Å². The molecule has 23 heavy (non-hydrogen) atoms. The number of hydrogen-bond acceptors (Lipinski definition) is 4. The van der Waals surface area contributed by atoms with Gasteiger partial charge in [-0.15, -0.1) is 0 Å². The number of halogens is 1. The van der Waals surface area contributed by atoms with Crippen molar-refractivity contribution in [1.82, 2.24) is 9.78 Å². The van der Waals surface area contributed by atoms with Crippen LogP contribution in [-0.2, 0) is 11.3 Å². The van der Waals surface area contributed by atoms with Crippen molar-refractivity contribution in [2.24, 2.45) is 0 Å². The Morgan fingerprint density at radius 1 is 1.17 bits per heavy atom. The van der Waals surface area contributed by atoms with E-state index in [0.717, 1.165) is 26.8 Å². The number of ether oxygens (including phenoxy) is 2. The molecule has 1 heterocycles. The maximum absolute atomic E-state index is 11.9.